The fourth-order valence-electron chi connectivity index (χ4n) is 1.17. The van der Waals surface area contributed by atoms with Crippen LogP contribution in [0.15, 0.2) is 58.3 Å². The molecule has 2 aromatic carbocycles. The van der Waals surface area contributed by atoms with Crippen molar-refractivity contribution in [2.45, 2.75) is 23.6 Å². The Labute approximate surface area is 105 Å². The highest BCUT2D eigenvalue weighted by Crippen LogP contribution is 2.27. The molecule has 3 heteroatoms. The molecule has 90 valence electrons. The van der Waals surface area contributed by atoms with Crippen LogP contribution < -0.4 is 0 Å². The second kappa shape index (κ2) is 7.07. The first kappa shape index (κ1) is 13.7. The van der Waals surface area contributed by atoms with Crippen molar-refractivity contribution >= 4 is 11.8 Å². The predicted octanol–water partition coefficient (Wildman–Crippen LogP) is 5.14. The number of rotatable bonds is 2. The second-order valence-electron chi connectivity index (χ2n) is 3.01. The average molecular weight is 252 g/mol. The zero-order valence-corrected chi connectivity index (χ0v) is 10.6. The number of hydrogen-bond donors (Lipinski definition) is 0. The predicted molar refractivity (Wildman–Crippen MR) is 68.3 cm³/mol. The van der Waals surface area contributed by atoms with Crippen molar-refractivity contribution in [3.63, 3.8) is 0 Å². The van der Waals surface area contributed by atoms with Gasteiger partial charge in [0.25, 0.3) is 0 Å². The highest BCUT2D eigenvalue weighted by molar-refractivity contribution is 7.99. The minimum absolute atomic E-state index is 0.262. The van der Waals surface area contributed by atoms with Crippen molar-refractivity contribution in [1.29, 1.82) is 0 Å². The van der Waals surface area contributed by atoms with Crippen molar-refractivity contribution in [2.24, 2.45) is 0 Å². The van der Waals surface area contributed by atoms with Crippen LogP contribution in [0.4, 0.5) is 8.78 Å². The summed E-state index contributed by atoms with van der Waals surface area (Å²) in [5, 5.41) is 0. The van der Waals surface area contributed by atoms with E-state index in [1.807, 2.05) is 19.9 Å². The van der Waals surface area contributed by atoms with Crippen LogP contribution in [0, 0.1) is 11.6 Å². The molecule has 0 unspecified atom stereocenters. The molecule has 17 heavy (non-hydrogen) atoms. The molecule has 0 atom stereocenters. The molecule has 0 aliphatic rings. The maximum atomic E-state index is 12.9. The standard InChI is InChI=1S/C12H8F2S.C2H6/c13-9-4-6-11(7-5-9)15-12-3-1-2-10(14)8-12;1-2/h1-8H;1-2H3. The molecule has 0 nitrogen and oxygen atoms in total. The lowest BCUT2D eigenvalue weighted by Crippen LogP contribution is -1.77. The van der Waals surface area contributed by atoms with Crippen LogP contribution in [0.2, 0.25) is 0 Å². The molecule has 0 radical (unpaired) electrons. The maximum Gasteiger partial charge on any atom is 0.124 e. The molecule has 0 saturated carbocycles. The van der Waals surface area contributed by atoms with Gasteiger partial charge in [0.05, 0.1) is 0 Å². The van der Waals surface area contributed by atoms with Crippen molar-refractivity contribution in [1.82, 2.24) is 0 Å². The van der Waals surface area contributed by atoms with E-state index in [0.29, 0.717) is 0 Å². The Morgan fingerprint density at radius 1 is 0.765 bits per heavy atom. The molecule has 0 bridgehead atoms. The van der Waals surface area contributed by atoms with Crippen LogP contribution in [0.1, 0.15) is 13.8 Å². The van der Waals surface area contributed by atoms with Crippen LogP contribution >= 0.6 is 11.8 Å². The smallest absolute Gasteiger partial charge is 0.124 e. The van der Waals surface area contributed by atoms with Gasteiger partial charge in [0.15, 0.2) is 0 Å². The van der Waals surface area contributed by atoms with E-state index in [2.05, 4.69) is 0 Å². The van der Waals surface area contributed by atoms with Gasteiger partial charge in [-0.1, -0.05) is 31.7 Å². The van der Waals surface area contributed by atoms with Crippen molar-refractivity contribution in [2.75, 3.05) is 0 Å². The van der Waals surface area contributed by atoms with Gasteiger partial charge in [-0.2, -0.15) is 0 Å². The van der Waals surface area contributed by atoms with Crippen molar-refractivity contribution in [3.05, 3.63) is 60.2 Å². The van der Waals surface area contributed by atoms with Gasteiger partial charge in [-0.05, 0) is 42.5 Å². The maximum absolute atomic E-state index is 12.9. The second-order valence-corrected chi connectivity index (χ2v) is 4.16. The van der Waals surface area contributed by atoms with E-state index in [1.54, 1.807) is 18.2 Å². The molecule has 0 heterocycles. The zero-order valence-electron chi connectivity index (χ0n) is 9.78. The molecule has 0 aliphatic carbocycles. The van der Waals surface area contributed by atoms with Crippen LogP contribution in [-0.4, -0.2) is 0 Å². The lowest BCUT2D eigenvalue weighted by Gasteiger charge is -2.01. The number of hydrogen-bond acceptors (Lipinski definition) is 1. The highest BCUT2D eigenvalue weighted by Gasteiger charge is 1.98. The Balaban J connectivity index is 0.000000686. The summed E-state index contributed by atoms with van der Waals surface area (Å²) in [7, 11) is 0. The first-order valence-electron chi connectivity index (χ1n) is 5.43. The van der Waals surface area contributed by atoms with Crippen LogP contribution in [0.5, 0.6) is 0 Å². The van der Waals surface area contributed by atoms with Gasteiger partial charge < -0.3 is 0 Å². The lowest BCUT2D eigenvalue weighted by atomic mass is 10.3. The molecule has 2 aromatic rings. The Morgan fingerprint density at radius 3 is 2.00 bits per heavy atom. The molecule has 0 aliphatic heterocycles. The minimum Gasteiger partial charge on any atom is -0.207 e. The van der Waals surface area contributed by atoms with E-state index in [9.17, 15) is 8.78 Å². The van der Waals surface area contributed by atoms with Crippen LogP contribution in [0.25, 0.3) is 0 Å². The minimum atomic E-state index is -0.265. The zero-order chi connectivity index (χ0) is 12.7. The molecule has 0 aromatic heterocycles. The van der Waals surface area contributed by atoms with Gasteiger partial charge in [0.1, 0.15) is 11.6 Å². The number of halogens is 2. The Kier molecular flexibility index (Phi) is 5.70. The van der Waals surface area contributed by atoms with E-state index < -0.39 is 0 Å². The van der Waals surface area contributed by atoms with Gasteiger partial charge in [0, 0.05) is 9.79 Å². The molecular formula is C14H14F2S. The number of benzene rings is 2. The lowest BCUT2D eigenvalue weighted by molar-refractivity contribution is 0.624. The van der Waals surface area contributed by atoms with Gasteiger partial charge in [-0.25, -0.2) is 8.78 Å². The SMILES string of the molecule is CC.Fc1ccc(Sc2cccc(F)c2)cc1. The fraction of sp³-hybridized carbons (Fsp3) is 0.143. The van der Waals surface area contributed by atoms with Crippen molar-refractivity contribution in [3.8, 4) is 0 Å². The van der Waals surface area contributed by atoms with E-state index in [1.165, 1.54) is 36.0 Å². The highest BCUT2D eigenvalue weighted by atomic mass is 32.2. The quantitative estimate of drug-likeness (QED) is 0.713. The van der Waals surface area contributed by atoms with Crippen LogP contribution in [0.3, 0.4) is 0 Å². The molecule has 0 amide bonds. The molecule has 2 rings (SSSR count). The molecular weight excluding hydrogens is 238 g/mol. The third-order valence-corrected chi connectivity index (χ3v) is 2.84. The average Bonchev–Trinajstić information content (AvgIpc) is 2.35. The van der Waals surface area contributed by atoms with Gasteiger partial charge in [-0.15, -0.1) is 0 Å². The van der Waals surface area contributed by atoms with Gasteiger partial charge in [-0.3, -0.25) is 0 Å². The molecule has 0 spiro atoms. The summed E-state index contributed by atoms with van der Waals surface area (Å²) in [5.74, 6) is -0.527. The third kappa shape index (κ3) is 4.57. The summed E-state index contributed by atoms with van der Waals surface area (Å²) >= 11 is 1.40. The summed E-state index contributed by atoms with van der Waals surface area (Å²) in [6.45, 7) is 4.00. The van der Waals surface area contributed by atoms with E-state index >= 15 is 0 Å². The molecule has 0 N–H and O–H groups in total. The Bertz CT molecular complexity index is 452. The molecule has 0 saturated heterocycles. The van der Waals surface area contributed by atoms with E-state index in [-0.39, 0.29) is 11.6 Å². The fourth-order valence-corrected chi connectivity index (χ4v) is 2.03. The first-order chi connectivity index (χ1) is 8.24. The summed E-state index contributed by atoms with van der Waals surface area (Å²) < 4.78 is 25.5. The summed E-state index contributed by atoms with van der Waals surface area (Å²) in [6, 6.07) is 12.4. The largest absolute Gasteiger partial charge is 0.207 e. The van der Waals surface area contributed by atoms with E-state index in [4.69, 9.17) is 0 Å². The molecule has 0 fully saturated rings. The van der Waals surface area contributed by atoms with Crippen molar-refractivity contribution < 1.29 is 8.78 Å². The Morgan fingerprint density at radius 2 is 1.41 bits per heavy atom. The normalized spacial score (nSPS) is 9.41. The summed E-state index contributed by atoms with van der Waals surface area (Å²) in [6.07, 6.45) is 0. The van der Waals surface area contributed by atoms with E-state index in [0.717, 1.165) is 9.79 Å². The monoisotopic (exact) mass is 252 g/mol. The summed E-state index contributed by atoms with van der Waals surface area (Å²) in [4.78, 5) is 1.70. The summed E-state index contributed by atoms with van der Waals surface area (Å²) in [5.41, 5.74) is 0. The van der Waals surface area contributed by atoms with Crippen LogP contribution in [-0.2, 0) is 0 Å². The Hall–Kier alpha value is -1.35. The van der Waals surface area contributed by atoms with Gasteiger partial charge in [0.2, 0.25) is 0 Å². The topological polar surface area (TPSA) is 0 Å². The van der Waals surface area contributed by atoms with Gasteiger partial charge >= 0.3 is 0 Å². The third-order valence-electron chi connectivity index (χ3n) is 1.85. The first-order valence-corrected chi connectivity index (χ1v) is 6.25.